The molecule has 2 aromatic rings. The van der Waals surface area contributed by atoms with E-state index in [4.69, 9.17) is 4.74 Å². The van der Waals surface area contributed by atoms with Crippen LogP contribution < -0.4 is 10.1 Å². The van der Waals surface area contributed by atoms with Crippen molar-refractivity contribution >= 4 is 17.6 Å². The third-order valence-electron chi connectivity index (χ3n) is 3.52. The van der Waals surface area contributed by atoms with Gasteiger partial charge in [-0.2, -0.15) is 0 Å². The van der Waals surface area contributed by atoms with Crippen LogP contribution in [0.15, 0.2) is 60.7 Å². The number of nitro benzene ring substituents is 1. The summed E-state index contributed by atoms with van der Waals surface area (Å²) in [5.74, 6) is -0.471. The zero-order valence-electron chi connectivity index (χ0n) is 14.6. The van der Waals surface area contributed by atoms with E-state index in [-0.39, 0.29) is 24.7 Å². The van der Waals surface area contributed by atoms with Crippen LogP contribution in [-0.2, 0) is 16.1 Å². The average Bonchev–Trinajstić information content (AvgIpc) is 2.69. The molecule has 140 valence electrons. The third kappa shape index (κ3) is 5.96. The Morgan fingerprint density at radius 2 is 1.85 bits per heavy atom. The first-order valence-corrected chi connectivity index (χ1v) is 7.99. The van der Waals surface area contributed by atoms with Crippen molar-refractivity contribution in [3.8, 4) is 5.75 Å². The molecule has 0 aromatic heterocycles. The second kappa shape index (κ2) is 9.71. The summed E-state index contributed by atoms with van der Waals surface area (Å²) in [7, 11) is 1.28. The van der Waals surface area contributed by atoms with Crippen LogP contribution in [0.4, 0.5) is 5.69 Å². The quantitative estimate of drug-likeness (QED) is 0.331. The minimum Gasteiger partial charge on any atom is -0.489 e. The van der Waals surface area contributed by atoms with Crippen LogP contribution in [0, 0.1) is 10.1 Å². The van der Waals surface area contributed by atoms with E-state index in [1.807, 2.05) is 0 Å². The minimum absolute atomic E-state index is 0.0103. The summed E-state index contributed by atoms with van der Waals surface area (Å²) in [6.45, 7) is 0.315. The molecular weight excluding hydrogens is 352 g/mol. The number of nitrogens with zero attached hydrogens (tertiary/aromatic N) is 1. The number of carbonyl (C=O) groups excluding carboxylic acids is 2. The van der Waals surface area contributed by atoms with Gasteiger partial charge in [-0.25, -0.2) is 4.79 Å². The average molecular weight is 370 g/mol. The van der Waals surface area contributed by atoms with Crippen molar-refractivity contribution in [2.24, 2.45) is 0 Å². The molecule has 0 unspecified atom stereocenters. The Morgan fingerprint density at radius 1 is 1.15 bits per heavy atom. The first-order valence-electron chi connectivity index (χ1n) is 7.99. The number of non-ortho nitro benzene ring substituents is 1. The maximum atomic E-state index is 12.4. The van der Waals surface area contributed by atoms with Crippen LogP contribution in [0.5, 0.6) is 5.75 Å². The highest BCUT2D eigenvalue weighted by atomic mass is 16.6. The number of nitrogens with one attached hydrogen (secondary N) is 1. The predicted molar refractivity (Wildman–Crippen MR) is 97.4 cm³/mol. The van der Waals surface area contributed by atoms with Crippen molar-refractivity contribution < 1.29 is 24.0 Å². The van der Waals surface area contributed by atoms with Gasteiger partial charge < -0.3 is 14.8 Å². The smallest absolute Gasteiger partial charge is 0.330 e. The molecule has 0 aliphatic rings. The summed E-state index contributed by atoms with van der Waals surface area (Å²) in [5.41, 5.74) is 1.06. The van der Waals surface area contributed by atoms with Gasteiger partial charge in [0.15, 0.2) is 0 Å². The molecule has 0 saturated carbocycles. The lowest BCUT2D eigenvalue weighted by atomic mass is 10.1. The summed E-state index contributed by atoms with van der Waals surface area (Å²) in [5, 5.41) is 13.4. The molecule has 8 heteroatoms. The lowest BCUT2D eigenvalue weighted by Crippen LogP contribution is -2.23. The minimum atomic E-state index is -0.493. The first-order chi connectivity index (χ1) is 13.0. The molecule has 0 aliphatic heterocycles. The lowest BCUT2D eigenvalue weighted by Gasteiger charge is -2.10. The normalized spacial score (nSPS) is 10.4. The fourth-order valence-corrected chi connectivity index (χ4v) is 2.14. The second-order valence-electron chi connectivity index (χ2n) is 5.34. The number of benzene rings is 2. The van der Waals surface area contributed by atoms with Crippen LogP contribution in [0.25, 0.3) is 0 Å². The molecule has 0 atom stereocenters. The van der Waals surface area contributed by atoms with Crippen molar-refractivity contribution in [3.05, 3.63) is 81.9 Å². The van der Waals surface area contributed by atoms with Gasteiger partial charge in [-0.05, 0) is 23.8 Å². The van der Waals surface area contributed by atoms with Crippen molar-refractivity contribution in [2.75, 3.05) is 13.7 Å². The topological polar surface area (TPSA) is 108 Å². The SMILES string of the molecule is COC(=O)C=CCOc1ccccc1C(=O)NCc1ccc([N+](=O)[O-])cc1. The van der Waals surface area contributed by atoms with Crippen LogP contribution in [-0.4, -0.2) is 30.5 Å². The van der Waals surface area contributed by atoms with E-state index in [0.717, 1.165) is 5.56 Å². The fourth-order valence-electron chi connectivity index (χ4n) is 2.14. The fraction of sp³-hybridized carbons (Fsp3) is 0.158. The number of carbonyl (C=O) groups is 2. The summed E-state index contributed by atoms with van der Waals surface area (Å²) in [6.07, 6.45) is 2.72. The number of para-hydroxylation sites is 1. The third-order valence-corrected chi connectivity index (χ3v) is 3.52. The monoisotopic (exact) mass is 370 g/mol. The largest absolute Gasteiger partial charge is 0.489 e. The number of methoxy groups -OCH3 is 1. The van der Waals surface area contributed by atoms with E-state index in [9.17, 15) is 19.7 Å². The van der Waals surface area contributed by atoms with Gasteiger partial charge in [-0.15, -0.1) is 0 Å². The van der Waals surface area contributed by atoms with Crippen molar-refractivity contribution in [1.29, 1.82) is 0 Å². The number of amides is 1. The van der Waals surface area contributed by atoms with Gasteiger partial charge in [0.05, 0.1) is 17.6 Å². The molecule has 0 bridgehead atoms. The molecule has 1 N–H and O–H groups in total. The van der Waals surface area contributed by atoms with Gasteiger partial charge in [-0.3, -0.25) is 14.9 Å². The van der Waals surface area contributed by atoms with E-state index in [1.54, 1.807) is 36.4 Å². The van der Waals surface area contributed by atoms with Gasteiger partial charge >= 0.3 is 5.97 Å². The summed E-state index contributed by atoms with van der Waals surface area (Å²) >= 11 is 0. The molecule has 0 fully saturated rings. The summed E-state index contributed by atoms with van der Waals surface area (Å²) in [6, 6.07) is 12.6. The van der Waals surface area contributed by atoms with Crippen LogP contribution in [0.1, 0.15) is 15.9 Å². The van der Waals surface area contributed by atoms with Crippen LogP contribution >= 0.6 is 0 Å². The molecule has 1 amide bonds. The molecule has 0 spiro atoms. The molecule has 8 nitrogen and oxygen atoms in total. The second-order valence-corrected chi connectivity index (χ2v) is 5.34. The van der Waals surface area contributed by atoms with E-state index < -0.39 is 10.9 Å². The molecule has 0 radical (unpaired) electrons. The number of hydrogen-bond donors (Lipinski definition) is 1. The first kappa shape index (κ1) is 19.6. The molecule has 0 heterocycles. The van der Waals surface area contributed by atoms with E-state index in [2.05, 4.69) is 10.1 Å². The molecule has 2 aromatic carbocycles. The maximum Gasteiger partial charge on any atom is 0.330 e. The number of ether oxygens (including phenoxy) is 2. The summed E-state index contributed by atoms with van der Waals surface area (Å²) < 4.78 is 9.99. The number of hydrogen-bond acceptors (Lipinski definition) is 6. The Bertz CT molecular complexity index is 846. The van der Waals surface area contributed by atoms with Gasteiger partial charge in [-0.1, -0.05) is 24.3 Å². The van der Waals surface area contributed by atoms with Gasteiger partial charge in [0, 0.05) is 24.8 Å². The maximum absolute atomic E-state index is 12.4. The van der Waals surface area contributed by atoms with Crippen LogP contribution in [0.3, 0.4) is 0 Å². The van der Waals surface area contributed by atoms with Gasteiger partial charge in [0.2, 0.25) is 0 Å². The van der Waals surface area contributed by atoms with Gasteiger partial charge in [0.25, 0.3) is 11.6 Å². The predicted octanol–water partition coefficient (Wildman–Crippen LogP) is 2.63. The zero-order chi connectivity index (χ0) is 19.6. The highest BCUT2D eigenvalue weighted by molar-refractivity contribution is 5.96. The van der Waals surface area contributed by atoms with E-state index in [1.165, 1.54) is 31.4 Å². The number of nitro groups is 1. The standard InChI is InChI=1S/C19H18N2O6/c1-26-18(22)7-4-12-27-17-6-3-2-5-16(17)19(23)20-13-14-8-10-15(11-9-14)21(24)25/h2-11H,12-13H2,1H3,(H,20,23). The highest BCUT2D eigenvalue weighted by Gasteiger charge is 2.12. The Kier molecular flexibility index (Phi) is 7.07. The van der Waals surface area contributed by atoms with Crippen molar-refractivity contribution in [1.82, 2.24) is 5.32 Å². The molecular formula is C19H18N2O6. The summed E-state index contributed by atoms with van der Waals surface area (Å²) in [4.78, 5) is 33.6. The molecule has 2 rings (SSSR count). The van der Waals surface area contributed by atoms with E-state index >= 15 is 0 Å². The Balaban J connectivity index is 1.96. The molecule has 0 saturated heterocycles. The van der Waals surface area contributed by atoms with Crippen molar-refractivity contribution in [2.45, 2.75) is 6.54 Å². The Labute approximate surface area is 155 Å². The lowest BCUT2D eigenvalue weighted by molar-refractivity contribution is -0.384. The zero-order valence-corrected chi connectivity index (χ0v) is 14.6. The number of rotatable bonds is 8. The molecule has 0 aliphatic carbocycles. The Hall–Kier alpha value is -3.68. The van der Waals surface area contributed by atoms with E-state index in [0.29, 0.717) is 11.3 Å². The van der Waals surface area contributed by atoms with Crippen LogP contribution in [0.2, 0.25) is 0 Å². The number of esters is 1. The highest BCUT2D eigenvalue weighted by Crippen LogP contribution is 2.18. The molecule has 27 heavy (non-hydrogen) atoms. The van der Waals surface area contributed by atoms with Crippen molar-refractivity contribution in [3.63, 3.8) is 0 Å². The Morgan fingerprint density at radius 3 is 2.52 bits per heavy atom. The van der Waals surface area contributed by atoms with Gasteiger partial charge in [0.1, 0.15) is 12.4 Å².